The van der Waals surface area contributed by atoms with E-state index in [0.29, 0.717) is 5.92 Å². The molecular formula is C32H25NS. The molecule has 0 unspecified atom stereocenters. The van der Waals surface area contributed by atoms with Crippen LogP contribution in [0.15, 0.2) is 109 Å². The van der Waals surface area contributed by atoms with Gasteiger partial charge in [0.1, 0.15) is 0 Å². The van der Waals surface area contributed by atoms with E-state index in [1.807, 2.05) is 17.5 Å². The molecule has 0 radical (unpaired) electrons. The Morgan fingerprint density at radius 1 is 0.618 bits per heavy atom. The molecule has 1 nitrogen and oxygen atoms in total. The first-order chi connectivity index (χ1) is 16.7. The van der Waals surface area contributed by atoms with Crippen molar-refractivity contribution >= 4 is 31.5 Å². The number of hydrogen-bond acceptors (Lipinski definition) is 2. The number of hydrogen-bond donors (Lipinski definition) is 0. The summed E-state index contributed by atoms with van der Waals surface area (Å²) in [5.41, 5.74) is 8.57. The van der Waals surface area contributed by atoms with Gasteiger partial charge in [0, 0.05) is 31.9 Å². The number of pyridine rings is 1. The van der Waals surface area contributed by atoms with Crippen LogP contribution in [-0.2, 0) is 0 Å². The summed E-state index contributed by atoms with van der Waals surface area (Å²) in [6.07, 6.45) is 1.94. The molecule has 0 saturated carbocycles. The van der Waals surface area contributed by atoms with Crippen molar-refractivity contribution < 1.29 is 0 Å². The van der Waals surface area contributed by atoms with E-state index in [0.717, 1.165) is 5.69 Å². The Morgan fingerprint density at radius 3 is 2.09 bits per heavy atom. The maximum Gasteiger partial charge on any atom is 0.0719 e. The van der Waals surface area contributed by atoms with Crippen LogP contribution >= 0.6 is 11.3 Å². The normalized spacial score (nSPS) is 11.5. The molecule has 0 amide bonds. The van der Waals surface area contributed by atoms with Gasteiger partial charge in [-0.05, 0) is 58.0 Å². The van der Waals surface area contributed by atoms with Crippen LogP contribution in [0.5, 0.6) is 0 Å². The Balaban J connectivity index is 1.43. The summed E-state index contributed by atoms with van der Waals surface area (Å²) in [6, 6.07) is 37.2. The second kappa shape index (κ2) is 8.55. The molecule has 4 aromatic carbocycles. The summed E-state index contributed by atoms with van der Waals surface area (Å²) in [7, 11) is 0. The summed E-state index contributed by atoms with van der Waals surface area (Å²) in [5, 5.41) is 2.61. The Bertz CT molecular complexity index is 1610. The van der Waals surface area contributed by atoms with Crippen molar-refractivity contribution in [3.8, 4) is 33.5 Å². The van der Waals surface area contributed by atoms with Crippen LogP contribution in [0.3, 0.4) is 0 Å². The van der Waals surface area contributed by atoms with Gasteiger partial charge >= 0.3 is 0 Å². The quantitative estimate of drug-likeness (QED) is 0.258. The second-order valence-corrected chi connectivity index (χ2v) is 10.1. The molecule has 0 spiro atoms. The Kier molecular flexibility index (Phi) is 5.24. The zero-order valence-corrected chi connectivity index (χ0v) is 20.1. The number of benzene rings is 4. The largest absolute Gasteiger partial charge is 0.256 e. The average molecular weight is 456 g/mol. The number of nitrogens with zero attached hydrogens (tertiary/aromatic N) is 1. The molecule has 164 valence electrons. The van der Waals surface area contributed by atoms with Crippen LogP contribution in [0.4, 0.5) is 0 Å². The summed E-state index contributed by atoms with van der Waals surface area (Å²) in [5.74, 6) is 0.485. The summed E-state index contributed by atoms with van der Waals surface area (Å²) < 4.78 is 2.62. The van der Waals surface area contributed by atoms with Gasteiger partial charge in [-0.15, -0.1) is 11.3 Å². The summed E-state index contributed by atoms with van der Waals surface area (Å²) in [4.78, 5) is 4.72. The lowest BCUT2D eigenvalue weighted by Gasteiger charge is -2.08. The van der Waals surface area contributed by atoms with Gasteiger partial charge in [-0.1, -0.05) is 92.7 Å². The van der Waals surface area contributed by atoms with Gasteiger partial charge in [-0.3, -0.25) is 4.98 Å². The topological polar surface area (TPSA) is 12.9 Å². The molecule has 2 heteroatoms. The van der Waals surface area contributed by atoms with Crippen molar-refractivity contribution in [3.05, 3.63) is 115 Å². The maximum absolute atomic E-state index is 4.72. The third-order valence-corrected chi connectivity index (χ3v) is 7.77. The summed E-state index contributed by atoms with van der Waals surface area (Å²) >= 11 is 1.86. The monoisotopic (exact) mass is 455 g/mol. The van der Waals surface area contributed by atoms with Crippen molar-refractivity contribution in [3.63, 3.8) is 0 Å². The van der Waals surface area contributed by atoms with E-state index in [4.69, 9.17) is 4.98 Å². The lowest BCUT2D eigenvalue weighted by molar-refractivity contribution is 0.864. The molecule has 0 saturated heterocycles. The molecule has 2 heterocycles. The van der Waals surface area contributed by atoms with Crippen LogP contribution in [0.25, 0.3) is 53.7 Å². The molecule has 0 aliphatic carbocycles. The van der Waals surface area contributed by atoms with Crippen molar-refractivity contribution in [1.82, 2.24) is 4.98 Å². The smallest absolute Gasteiger partial charge is 0.0719 e. The first-order valence-electron chi connectivity index (χ1n) is 11.7. The zero-order valence-electron chi connectivity index (χ0n) is 19.3. The standard InChI is InChI=1S/C32H25NS/c1-21(2)25-17-18-33-30(20-25)28-10-6-9-27-29-19-26(15-16-31(29)34-32(27)28)24-13-11-23(12-14-24)22-7-4-3-5-8-22/h3-21H,1-2H3. The number of aromatic nitrogens is 1. The van der Waals surface area contributed by atoms with Crippen molar-refractivity contribution in [2.24, 2.45) is 0 Å². The minimum atomic E-state index is 0.485. The molecule has 0 aliphatic rings. The highest BCUT2D eigenvalue weighted by Crippen LogP contribution is 2.41. The Hall–Kier alpha value is -3.75. The molecule has 0 aliphatic heterocycles. The number of rotatable bonds is 4. The van der Waals surface area contributed by atoms with Crippen LogP contribution < -0.4 is 0 Å². The highest BCUT2D eigenvalue weighted by Gasteiger charge is 2.13. The van der Waals surface area contributed by atoms with Gasteiger partial charge in [0.05, 0.1) is 5.69 Å². The lowest BCUT2D eigenvalue weighted by atomic mass is 9.98. The van der Waals surface area contributed by atoms with Gasteiger partial charge in [0.25, 0.3) is 0 Å². The fourth-order valence-corrected chi connectivity index (χ4v) is 5.82. The molecule has 2 aromatic heterocycles. The van der Waals surface area contributed by atoms with E-state index in [-0.39, 0.29) is 0 Å². The molecular weight excluding hydrogens is 430 g/mol. The lowest BCUT2D eigenvalue weighted by Crippen LogP contribution is -1.90. The fraction of sp³-hybridized carbons (Fsp3) is 0.0938. The molecule has 6 rings (SSSR count). The molecule has 0 atom stereocenters. The van der Waals surface area contributed by atoms with Crippen LogP contribution in [0.2, 0.25) is 0 Å². The van der Waals surface area contributed by atoms with Crippen molar-refractivity contribution in [1.29, 1.82) is 0 Å². The molecule has 0 N–H and O–H groups in total. The molecule has 0 bridgehead atoms. The first-order valence-corrected chi connectivity index (χ1v) is 12.6. The van der Waals surface area contributed by atoms with Gasteiger partial charge in [0.2, 0.25) is 0 Å². The minimum Gasteiger partial charge on any atom is -0.256 e. The average Bonchev–Trinajstić information content (AvgIpc) is 3.27. The highest BCUT2D eigenvalue weighted by atomic mass is 32.1. The van der Waals surface area contributed by atoms with Gasteiger partial charge < -0.3 is 0 Å². The van der Waals surface area contributed by atoms with E-state index in [9.17, 15) is 0 Å². The van der Waals surface area contributed by atoms with Gasteiger partial charge in [0.15, 0.2) is 0 Å². The van der Waals surface area contributed by atoms with E-state index in [1.54, 1.807) is 0 Å². The number of fused-ring (bicyclic) bond motifs is 3. The SMILES string of the molecule is CC(C)c1ccnc(-c2cccc3c2sc2ccc(-c4ccc(-c5ccccc5)cc4)cc23)c1. The van der Waals surface area contributed by atoms with Crippen LogP contribution in [0.1, 0.15) is 25.3 Å². The molecule has 6 aromatic rings. The third kappa shape index (κ3) is 3.70. The first kappa shape index (κ1) is 20.8. The van der Waals surface area contributed by atoms with Crippen molar-refractivity contribution in [2.75, 3.05) is 0 Å². The van der Waals surface area contributed by atoms with E-state index >= 15 is 0 Å². The van der Waals surface area contributed by atoms with Gasteiger partial charge in [-0.25, -0.2) is 0 Å². The molecule has 0 fully saturated rings. The van der Waals surface area contributed by atoms with E-state index < -0.39 is 0 Å². The third-order valence-electron chi connectivity index (χ3n) is 6.55. The van der Waals surface area contributed by atoms with Crippen molar-refractivity contribution in [2.45, 2.75) is 19.8 Å². The van der Waals surface area contributed by atoms with Crippen LogP contribution in [0, 0.1) is 0 Å². The van der Waals surface area contributed by atoms with Crippen LogP contribution in [-0.4, -0.2) is 4.98 Å². The Morgan fingerprint density at radius 2 is 1.32 bits per heavy atom. The predicted octanol–water partition coefficient (Wildman–Crippen LogP) is 9.57. The Labute approximate surface area is 204 Å². The van der Waals surface area contributed by atoms with E-state index in [1.165, 1.54) is 53.6 Å². The predicted molar refractivity (Wildman–Crippen MR) is 148 cm³/mol. The fourth-order valence-electron chi connectivity index (χ4n) is 4.62. The maximum atomic E-state index is 4.72. The minimum absolute atomic E-state index is 0.485. The molecule has 34 heavy (non-hydrogen) atoms. The van der Waals surface area contributed by atoms with E-state index in [2.05, 4.69) is 117 Å². The highest BCUT2D eigenvalue weighted by molar-refractivity contribution is 7.26. The summed E-state index contributed by atoms with van der Waals surface area (Å²) in [6.45, 7) is 4.46. The second-order valence-electron chi connectivity index (χ2n) is 9.07. The van der Waals surface area contributed by atoms with Gasteiger partial charge in [-0.2, -0.15) is 0 Å². The zero-order chi connectivity index (χ0) is 23.1. The number of thiophene rings is 1.